The van der Waals surface area contributed by atoms with Crippen LogP contribution in [0, 0.1) is 17.5 Å². The van der Waals surface area contributed by atoms with Crippen LogP contribution in [-0.2, 0) is 13.1 Å². The highest BCUT2D eigenvalue weighted by Gasteiger charge is 2.31. The van der Waals surface area contributed by atoms with E-state index < -0.39 is 17.5 Å². The smallest absolute Gasteiger partial charge is 0.161 e. The quantitative estimate of drug-likeness (QED) is 0.850. The van der Waals surface area contributed by atoms with Crippen LogP contribution in [0.1, 0.15) is 35.4 Å². The molecule has 1 aliphatic carbocycles. The molecule has 2 heterocycles. The number of furan rings is 1. The normalized spacial score (nSPS) is 23.3. The predicted octanol–water partition coefficient (Wildman–Crippen LogP) is 3.80. The lowest BCUT2D eigenvalue weighted by molar-refractivity contribution is 0.312. The van der Waals surface area contributed by atoms with Gasteiger partial charge in [0.25, 0.3) is 0 Å². The summed E-state index contributed by atoms with van der Waals surface area (Å²) >= 11 is 0. The zero-order valence-electron chi connectivity index (χ0n) is 12.9. The molecule has 0 bridgehead atoms. The van der Waals surface area contributed by atoms with E-state index in [2.05, 4.69) is 4.90 Å². The molecule has 2 atom stereocenters. The molecule has 0 saturated carbocycles. The maximum absolute atomic E-state index is 14.0. The molecule has 2 aliphatic rings. The molecular weight excluding hydrogens is 317 g/mol. The monoisotopic (exact) mass is 334 g/mol. The van der Waals surface area contributed by atoms with Gasteiger partial charge in [0.15, 0.2) is 11.6 Å². The molecule has 3 nitrogen and oxygen atoms in total. The zero-order chi connectivity index (χ0) is 16.8. The zero-order valence-corrected chi connectivity index (χ0v) is 12.9. The molecule has 0 saturated heterocycles. The van der Waals surface area contributed by atoms with Crippen LogP contribution in [0.2, 0.25) is 0 Å². The fourth-order valence-corrected chi connectivity index (χ4v) is 3.64. The van der Waals surface area contributed by atoms with Crippen molar-refractivity contribution in [3.05, 3.63) is 70.6 Å². The lowest BCUT2D eigenvalue weighted by atomic mass is 9.82. The van der Waals surface area contributed by atoms with E-state index in [0.717, 1.165) is 24.9 Å². The lowest BCUT2D eigenvalue weighted by Crippen LogP contribution is -2.35. The highest BCUT2D eigenvalue weighted by atomic mass is 19.2. The molecule has 0 spiro atoms. The van der Waals surface area contributed by atoms with Crippen LogP contribution >= 0.6 is 0 Å². The van der Waals surface area contributed by atoms with Crippen molar-refractivity contribution in [2.75, 3.05) is 0 Å². The molecule has 4 rings (SSSR count). The van der Waals surface area contributed by atoms with Gasteiger partial charge in [0.1, 0.15) is 5.82 Å². The van der Waals surface area contributed by atoms with Gasteiger partial charge in [-0.15, -0.1) is 0 Å². The number of hydrogen-bond donors (Lipinski definition) is 1. The van der Waals surface area contributed by atoms with Crippen molar-refractivity contribution in [3.63, 3.8) is 0 Å². The SMILES string of the molecule is NC1CC(N2Cc3cocc3C2)=CCC1c1cc(F)c(F)cc1F. The first kappa shape index (κ1) is 15.3. The van der Waals surface area contributed by atoms with E-state index in [1.165, 1.54) is 11.1 Å². The molecule has 0 amide bonds. The number of allylic oxidation sites excluding steroid dienone is 1. The summed E-state index contributed by atoms with van der Waals surface area (Å²) in [7, 11) is 0. The summed E-state index contributed by atoms with van der Waals surface area (Å²) in [5.74, 6) is -3.31. The molecule has 1 aromatic carbocycles. The molecule has 1 aliphatic heterocycles. The van der Waals surface area contributed by atoms with E-state index in [1.54, 1.807) is 12.5 Å². The van der Waals surface area contributed by atoms with Gasteiger partial charge in [-0.05, 0) is 18.1 Å². The van der Waals surface area contributed by atoms with Gasteiger partial charge in [-0.3, -0.25) is 0 Å². The minimum Gasteiger partial charge on any atom is -0.472 e. The molecule has 24 heavy (non-hydrogen) atoms. The van der Waals surface area contributed by atoms with Crippen molar-refractivity contribution < 1.29 is 17.6 Å². The van der Waals surface area contributed by atoms with Crippen molar-refractivity contribution in [2.24, 2.45) is 5.73 Å². The standard InChI is InChI=1S/C18H17F3N2O/c19-15-5-17(21)16(20)4-14(15)13-2-1-12(3-18(13)22)23-6-10-8-24-9-11(10)7-23/h1,4-5,8-9,13,18H,2-3,6-7,22H2. The Bertz CT molecular complexity index is 794. The topological polar surface area (TPSA) is 42.4 Å². The number of benzene rings is 1. The van der Waals surface area contributed by atoms with E-state index in [4.69, 9.17) is 10.2 Å². The summed E-state index contributed by atoms with van der Waals surface area (Å²) < 4.78 is 45.8. The van der Waals surface area contributed by atoms with Gasteiger partial charge in [-0.1, -0.05) is 6.08 Å². The van der Waals surface area contributed by atoms with Crippen LogP contribution in [0.15, 0.2) is 40.8 Å². The van der Waals surface area contributed by atoms with Crippen LogP contribution in [0.25, 0.3) is 0 Å². The summed E-state index contributed by atoms with van der Waals surface area (Å²) in [6.45, 7) is 1.54. The Morgan fingerprint density at radius 3 is 2.33 bits per heavy atom. The van der Waals surface area contributed by atoms with Crippen molar-refractivity contribution in [1.29, 1.82) is 0 Å². The van der Waals surface area contributed by atoms with Gasteiger partial charge in [-0.25, -0.2) is 13.2 Å². The molecule has 1 aromatic heterocycles. The van der Waals surface area contributed by atoms with Crippen molar-refractivity contribution in [2.45, 2.75) is 37.9 Å². The van der Waals surface area contributed by atoms with Gasteiger partial charge >= 0.3 is 0 Å². The van der Waals surface area contributed by atoms with Gasteiger partial charge in [-0.2, -0.15) is 0 Å². The second kappa shape index (κ2) is 5.70. The van der Waals surface area contributed by atoms with Crippen LogP contribution < -0.4 is 5.73 Å². The van der Waals surface area contributed by atoms with Gasteiger partial charge in [0.05, 0.1) is 12.5 Å². The Kier molecular flexibility index (Phi) is 3.64. The minimum absolute atomic E-state index is 0.147. The van der Waals surface area contributed by atoms with E-state index in [0.29, 0.717) is 18.9 Å². The van der Waals surface area contributed by atoms with Crippen molar-refractivity contribution >= 4 is 0 Å². The Morgan fingerprint density at radius 1 is 1.00 bits per heavy atom. The third-order valence-electron chi connectivity index (χ3n) is 4.97. The molecule has 6 heteroatoms. The third-order valence-corrected chi connectivity index (χ3v) is 4.97. The van der Waals surface area contributed by atoms with Gasteiger partial charge in [0.2, 0.25) is 0 Å². The van der Waals surface area contributed by atoms with E-state index in [-0.39, 0.29) is 17.5 Å². The summed E-state index contributed by atoms with van der Waals surface area (Å²) in [4.78, 5) is 2.22. The summed E-state index contributed by atoms with van der Waals surface area (Å²) in [6, 6.07) is 1.18. The van der Waals surface area contributed by atoms with Crippen molar-refractivity contribution in [3.8, 4) is 0 Å². The van der Waals surface area contributed by atoms with Gasteiger partial charge < -0.3 is 15.1 Å². The number of nitrogens with zero attached hydrogens (tertiary/aromatic N) is 1. The summed E-state index contributed by atoms with van der Waals surface area (Å²) in [6.07, 6.45) is 6.60. The Morgan fingerprint density at radius 2 is 1.67 bits per heavy atom. The van der Waals surface area contributed by atoms with Crippen LogP contribution in [0.4, 0.5) is 13.2 Å². The molecule has 2 unspecified atom stereocenters. The number of fused-ring (bicyclic) bond motifs is 1. The van der Waals surface area contributed by atoms with Crippen molar-refractivity contribution in [1.82, 2.24) is 4.90 Å². The predicted molar refractivity (Wildman–Crippen MR) is 82.3 cm³/mol. The molecular formula is C18H17F3N2O. The summed E-state index contributed by atoms with van der Waals surface area (Å²) in [5.41, 5.74) is 9.82. The Labute approximate surface area is 137 Å². The molecule has 2 N–H and O–H groups in total. The van der Waals surface area contributed by atoms with Gasteiger partial charge in [0, 0.05) is 54.4 Å². The first-order valence-corrected chi connectivity index (χ1v) is 7.91. The molecule has 126 valence electrons. The Hall–Kier alpha value is -2.21. The fourth-order valence-electron chi connectivity index (χ4n) is 3.64. The maximum Gasteiger partial charge on any atom is 0.161 e. The van der Waals surface area contributed by atoms with Crippen LogP contribution in [0.3, 0.4) is 0 Å². The average Bonchev–Trinajstić information content (AvgIpc) is 3.13. The van der Waals surface area contributed by atoms with Crippen LogP contribution in [0.5, 0.6) is 0 Å². The molecule has 0 fully saturated rings. The number of hydrogen-bond acceptors (Lipinski definition) is 3. The van der Waals surface area contributed by atoms with E-state index in [1.807, 2.05) is 6.08 Å². The average molecular weight is 334 g/mol. The largest absolute Gasteiger partial charge is 0.472 e. The third kappa shape index (κ3) is 2.51. The molecule has 0 radical (unpaired) electrons. The first-order chi connectivity index (χ1) is 11.5. The highest BCUT2D eigenvalue weighted by molar-refractivity contribution is 5.31. The number of rotatable bonds is 2. The highest BCUT2D eigenvalue weighted by Crippen LogP contribution is 2.37. The lowest BCUT2D eigenvalue weighted by Gasteiger charge is -2.33. The minimum atomic E-state index is -1.18. The fraction of sp³-hybridized carbons (Fsp3) is 0.333. The number of nitrogens with two attached hydrogens (primary N) is 1. The van der Waals surface area contributed by atoms with E-state index >= 15 is 0 Å². The van der Waals surface area contributed by atoms with Crippen LogP contribution in [-0.4, -0.2) is 10.9 Å². The Balaban J connectivity index is 1.55. The van der Waals surface area contributed by atoms with E-state index in [9.17, 15) is 13.2 Å². The maximum atomic E-state index is 14.0. The second-order valence-electron chi connectivity index (χ2n) is 6.47. The second-order valence-corrected chi connectivity index (χ2v) is 6.47. The number of halogens is 3. The molecule has 2 aromatic rings. The summed E-state index contributed by atoms with van der Waals surface area (Å²) in [5, 5.41) is 0. The first-order valence-electron chi connectivity index (χ1n) is 7.91.